The van der Waals surface area contributed by atoms with Crippen molar-refractivity contribution >= 4 is 27.7 Å². The summed E-state index contributed by atoms with van der Waals surface area (Å²) >= 11 is 3.38. The molecule has 0 bridgehead atoms. The quantitative estimate of drug-likeness (QED) is 0.793. The van der Waals surface area contributed by atoms with E-state index in [1.165, 1.54) is 0 Å². The van der Waals surface area contributed by atoms with Gasteiger partial charge in [0.15, 0.2) is 0 Å². The van der Waals surface area contributed by atoms with E-state index >= 15 is 0 Å². The van der Waals surface area contributed by atoms with Crippen LogP contribution in [-0.2, 0) is 9.47 Å². The van der Waals surface area contributed by atoms with E-state index in [1.807, 2.05) is 0 Å². The Hall–Kier alpha value is -0.920. The number of anilines is 2. The van der Waals surface area contributed by atoms with Crippen LogP contribution in [0, 0.1) is 0 Å². The fourth-order valence-electron chi connectivity index (χ4n) is 1.22. The molecule has 1 aromatic rings. The lowest BCUT2D eigenvalue weighted by atomic mass is 10.3. The topological polar surface area (TPSA) is 68.3 Å². The van der Waals surface area contributed by atoms with Gasteiger partial charge in [0.2, 0.25) is 5.95 Å². The Balaban J connectivity index is 2.60. The van der Waals surface area contributed by atoms with E-state index in [9.17, 15) is 0 Å². The van der Waals surface area contributed by atoms with Gasteiger partial charge in [-0.2, -0.15) is 4.98 Å². The van der Waals surface area contributed by atoms with E-state index in [0.717, 1.165) is 10.3 Å². The molecule has 0 saturated heterocycles. The molecule has 1 rings (SSSR count). The van der Waals surface area contributed by atoms with Crippen LogP contribution in [0.3, 0.4) is 0 Å². The molecule has 0 fully saturated rings. The van der Waals surface area contributed by atoms with Crippen molar-refractivity contribution in [2.45, 2.75) is 6.10 Å². The fraction of sp³-hybridized carbons (Fsp3) is 0.600. The summed E-state index contributed by atoms with van der Waals surface area (Å²) in [6, 6.07) is 0. The lowest BCUT2D eigenvalue weighted by Crippen LogP contribution is -2.27. The molecule has 1 atom stereocenters. The molecule has 96 valence electrons. The molecule has 0 aromatic carbocycles. The van der Waals surface area contributed by atoms with Gasteiger partial charge in [-0.05, 0) is 15.9 Å². The average Bonchev–Trinajstić information content (AvgIpc) is 2.36. The monoisotopic (exact) mass is 304 g/mol. The molecule has 6 nitrogen and oxygen atoms in total. The molecule has 0 radical (unpaired) electrons. The molecule has 0 amide bonds. The van der Waals surface area contributed by atoms with Gasteiger partial charge in [0, 0.05) is 34.0 Å². The van der Waals surface area contributed by atoms with Gasteiger partial charge in [0.05, 0.1) is 17.2 Å². The number of nitrogens with one attached hydrogen (secondary N) is 2. The van der Waals surface area contributed by atoms with Gasteiger partial charge >= 0.3 is 0 Å². The minimum atomic E-state index is -0.0140. The summed E-state index contributed by atoms with van der Waals surface area (Å²) in [5.74, 6) is 1.29. The van der Waals surface area contributed by atoms with Crippen LogP contribution >= 0.6 is 15.9 Å². The maximum atomic E-state index is 5.25. The molecule has 0 aliphatic carbocycles. The Bertz CT molecular complexity index is 351. The number of rotatable bonds is 7. The van der Waals surface area contributed by atoms with E-state index < -0.39 is 0 Å². The second-order valence-corrected chi connectivity index (χ2v) is 4.19. The third kappa shape index (κ3) is 4.45. The van der Waals surface area contributed by atoms with Gasteiger partial charge in [0.1, 0.15) is 5.82 Å². The summed E-state index contributed by atoms with van der Waals surface area (Å²) < 4.78 is 11.1. The van der Waals surface area contributed by atoms with Crippen molar-refractivity contribution in [3.05, 3.63) is 10.7 Å². The second-order valence-electron chi connectivity index (χ2n) is 3.33. The SMILES string of the molecule is CNc1ncc(Br)c(NCC(COC)OC)n1. The van der Waals surface area contributed by atoms with Crippen molar-refractivity contribution in [3.63, 3.8) is 0 Å². The smallest absolute Gasteiger partial charge is 0.224 e. The molecular weight excluding hydrogens is 288 g/mol. The largest absolute Gasteiger partial charge is 0.382 e. The minimum absolute atomic E-state index is 0.0140. The first-order valence-corrected chi connectivity index (χ1v) is 5.96. The summed E-state index contributed by atoms with van der Waals surface area (Å²) in [5, 5.41) is 6.06. The summed E-state index contributed by atoms with van der Waals surface area (Å²) in [4.78, 5) is 8.36. The molecule has 0 aliphatic heterocycles. The van der Waals surface area contributed by atoms with Crippen molar-refractivity contribution in [1.82, 2.24) is 9.97 Å². The van der Waals surface area contributed by atoms with Crippen LogP contribution in [-0.4, -0.2) is 50.5 Å². The van der Waals surface area contributed by atoms with E-state index in [-0.39, 0.29) is 6.10 Å². The van der Waals surface area contributed by atoms with Crippen LogP contribution in [0.2, 0.25) is 0 Å². The lowest BCUT2D eigenvalue weighted by molar-refractivity contribution is 0.0365. The fourth-order valence-corrected chi connectivity index (χ4v) is 1.55. The minimum Gasteiger partial charge on any atom is -0.382 e. The van der Waals surface area contributed by atoms with Crippen LogP contribution < -0.4 is 10.6 Å². The summed E-state index contributed by atoms with van der Waals surface area (Å²) in [5.41, 5.74) is 0. The number of nitrogens with zero attached hydrogens (tertiary/aromatic N) is 2. The molecule has 17 heavy (non-hydrogen) atoms. The van der Waals surface area contributed by atoms with E-state index in [2.05, 4.69) is 36.5 Å². The van der Waals surface area contributed by atoms with Gasteiger partial charge in [-0.25, -0.2) is 4.98 Å². The van der Waals surface area contributed by atoms with Gasteiger partial charge in [-0.15, -0.1) is 0 Å². The maximum absolute atomic E-state index is 5.25. The first-order valence-electron chi connectivity index (χ1n) is 5.17. The van der Waals surface area contributed by atoms with Crippen LogP contribution in [0.1, 0.15) is 0 Å². The molecule has 2 N–H and O–H groups in total. The Morgan fingerprint density at radius 1 is 1.47 bits per heavy atom. The zero-order valence-electron chi connectivity index (χ0n) is 10.2. The number of aromatic nitrogens is 2. The number of halogens is 1. The van der Waals surface area contributed by atoms with Gasteiger partial charge in [-0.1, -0.05) is 0 Å². The highest BCUT2D eigenvalue weighted by Gasteiger charge is 2.09. The lowest BCUT2D eigenvalue weighted by Gasteiger charge is -2.16. The Morgan fingerprint density at radius 2 is 2.24 bits per heavy atom. The van der Waals surface area contributed by atoms with Crippen LogP contribution in [0.25, 0.3) is 0 Å². The van der Waals surface area contributed by atoms with Crippen molar-refractivity contribution in [2.24, 2.45) is 0 Å². The summed E-state index contributed by atoms with van der Waals surface area (Å²) in [7, 11) is 5.07. The average molecular weight is 305 g/mol. The highest BCUT2D eigenvalue weighted by atomic mass is 79.9. The van der Waals surface area contributed by atoms with Gasteiger partial charge in [-0.3, -0.25) is 0 Å². The third-order valence-electron chi connectivity index (χ3n) is 2.15. The van der Waals surface area contributed by atoms with Crippen molar-refractivity contribution in [2.75, 3.05) is 45.1 Å². The Morgan fingerprint density at radius 3 is 2.82 bits per heavy atom. The Labute approximate surface area is 109 Å². The maximum Gasteiger partial charge on any atom is 0.224 e. The number of methoxy groups -OCH3 is 2. The summed E-state index contributed by atoms with van der Waals surface area (Å²) in [6.45, 7) is 1.15. The second kappa shape index (κ2) is 7.41. The number of ether oxygens (including phenoxy) is 2. The Kier molecular flexibility index (Phi) is 6.17. The molecule has 1 unspecified atom stereocenters. The molecule has 1 heterocycles. The number of hydrogen-bond donors (Lipinski definition) is 2. The first-order chi connectivity index (χ1) is 8.21. The molecule has 1 aromatic heterocycles. The molecular formula is C10H17BrN4O2. The van der Waals surface area contributed by atoms with Crippen molar-refractivity contribution in [3.8, 4) is 0 Å². The zero-order valence-corrected chi connectivity index (χ0v) is 11.7. The normalized spacial score (nSPS) is 12.2. The number of hydrogen-bond acceptors (Lipinski definition) is 6. The highest BCUT2D eigenvalue weighted by molar-refractivity contribution is 9.10. The van der Waals surface area contributed by atoms with Crippen molar-refractivity contribution < 1.29 is 9.47 Å². The van der Waals surface area contributed by atoms with E-state index in [1.54, 1.807) is 27.5 Å². The predicted octanol–water partition coefficient (Wildman–Crippen LogP) is 1.35. The molecule has 0 spiro atoms. The third-order valence-corrected chi connectivity index (χ3v) is 2.73. The summed E-state index contributed by atoms with van der Waals surface area (Å²) in [6.07, 6.45) is 1.68. The molecule has 0 saturated carbocycles. The van der Waals surface area contributed by atoms with Crippen molar-refractivity contribution in [1.29, 1.82) is 0 Å². The van der Waals surface area contributed by atoms with Gasteiger partial charge in [0.25, 0.3) is 0 Å². The predicted molar refractivity (Wildman–Crippen MR) is 70.4 cm³/mol. The van der Waals surface area contributed by atoms with Crippen LogP contribution in [0.5, 0.6) is 0 Å². The highest BCUT2D eigenvalue weighted by Crippen LogP contribution is 2.19. The van der Waals surface area contributed by atoms with Crippen LogP contribution in [0.15, 0.2) is 10.7 Å². The standard InChI is InChI=1S/C10H17BrN4O2/c1-12-10-14-5-8(11)9(15-10)13-4-7(17-3)6-16-2/h5,7H,4,6H2,1-3H3,(H2,12,13,14,15). The van der Waals surface area contributed by atoms with Crippen LogP contribution in [0.4, 0.5) is 11.8 Å². The zero-order chi connectivity index (χ0) is 12.7. The first kappa shape index (κ1) is 14.1. The van der Waals surface area contributed by atoms with E-state index in [0.29, 0.717) is 19.1 Å². The van der Waals surface area contributed by atoms with E-state index in [4.69, 9.17) is 9.47 Å². The molecule has 0 aliphatic rings. The molecule has 7 heteroatoms. The van der Waals surface area contributed by atoms with Gasteiger partial charge < -0.3 is 20.1 Å².